The van der Waals surface area contributed by atoms with Crippen LogP contribution in [0.5, 0.6) is 0 Å². The fourth-order valence-corrected chi connectivity index (χ4v) is 0.0289. The van der Waals surface area contributed by atoms with Gasteiger partial charge >= 0.3 is 36.8 Å². The second-order valence-electron chi connectivity index (χ2n) is 0.403. The summed E-state index contributed by atoms with van der Waals surface area (Å²) in [4.78, 5) is 0. The van der Waals surface area contributed by atoms with Crippen molar-refractivity contribution in [3.8, 4) is 11.9 Å². The molecule has 2 nitrogen and oxygen atoms in total. The van der Waals surface area contributed by atoms with E-state index in [1.165, 1.54) is 11.9 Å². The maximum Gasteiger partial charge on any atom is 1.00 e. The molecule has 0 aliphatic heterocycles. The van der Waals surface area contributed by atoms with Crippen LogP contribution in [0.1, 0.15) is 1.43 Å². The van der Waals surface area contributed by atoms with Crippen molar-refractivity contribution in [3.63, 3.8) is 0 Å². The quantitative estimate of drug-likeness (QED) is 0.291. The zero-order valence-electron chi connectivity index (χ0n) is 4.47. The smallest absolute Gasteiger partial charge is 1.00 e. The number of nitrogens with zero attached hydrogens (tertiary/aromatic N) is 2. The molecular weight excluding hydrogens is 85.8 g/mol. The average molecular weight is 86.8 g/mol. The Labute approximate surface area is 60.8 Å². The van der Waals surface area contributed by atoms with E-state index >= 15 is 0 Å². The third-order valence-electron chi connectivity index (χ3n) is 0.129. The van der Waals surface area contributed by atoms with Crippen LogP contribution in [-0.4, -0.2) is 7.28 Å². The van der Waals surface area contributed by atoms with Crippen LogP contribution in [0.2, 0.25) is 0 Å². The van der Waals surface area contributed by atoms with Gasteiger partial charge in [-0.05, 0) is 0 Å². The van der Waals surface area contributed by atoms with Gasteiger partial charge in [-0.2, -0.15) is 0 Å². The van der Waals surface area contributed by atoms with Crippen molar-refractivity contribution in [3.05, 3.63) is 0 Å². The van der Waals surface area contributed by atoms with Crippen molar-refractivity contribution < 1.29 is 31.0 Å². The normalized spacial score (nSPS) is 3.00. The van der Waals surface area contributed by atoms with Gasteiger partial charge in [-0.3, -0.25) is 0 Å². The summed E-state index contributed by atoms with van der Waals surface area (Å²) in [6.07, 6.45) is 0. The van der Waals surface area contributed by atoms with Crippen LogP contribution in [-0.2, 0) is 0 Å². The van der Waals surface area contributed by atoms with Gasteiger partial charge in [-0.25, -0.2) is 10.5 Å². The molecule has 1 radical (unpaired) electrons. The number of hydrogen-bond donors (Lipinski definition) is 0. The van der Waals surface area contributed by atoms with Crippen LogP contribution in [0.25, 0.3) is 0 Å². The molecule has 4 heteroatoms. The van der Waals surface area contributed by atoms with Crippen LogP contribution < -0.4 is 29.6 Å². The molecule has 0 saturated heterocycles. The summed E-state index contributed by atoms with van der Waals surface area (Å²) in [5.41, 5.74) is 0. The third kappa shape index (κ3) is 8.97. The first-order chi connectivity index (χ1) is 2.41. The van der Waals surface area contributed by atoms with E-state index in [0.29, 0.717) is 0 Å². The molecule has 6 heavy (non-hydrogen) atoms. The molecule has 0 heterocycles. The van der Waals surface area contributed by atoms with Crippen LogP contribution >= 0.6 is 0 Å². The Kier molecular flexibility index (Phi) is 14.0. The second-order valence-corrected chi connectivity index (χ2v) is 0.403. The number of hydrogen-bond acceptors (Lipinski definition) is 2. The predicted octanol–water partition coefficient (Wildman–Crippen LogP) is -3.23. The Morgan fingerprint density at radius 1 is 1.33 bits per heavy atom. The van der Waals surface area contributed by atoms with E-state index in [1.807, 2.05) is 0 Å². The van der Waals surface area contributed by atoms with Gasteiger partial charge in [0.25, 0.3) is 0 Å². The molecule has 0 aromatic heterocycles. The van der Waals surface area contributed by atoms with Gasteiger partial charge in [0.05, 0.1) is 0 Å². The topological polar surface area (TPSA) is 47.6 Å². The largest absolute Gasteiger partial charge is 1.00 e. The number of rotatable bonds is 0. The van der Waals surface area contributed by atoms with E-state index in [9.17, 15) is 0 Å². The monoisotopic (exact) mass is 87.0 g/mol. The van der Waals surface area contributed by atoms with E-state index in [-0.39, 0.29) is 31.0 Å². The first-order valence-corrected chi connectivity index (χ1v) is 1.02. The number of nitriles is 2. The Hall–Kier alpha value is 0.0449. The van der Waals surface area contributed by atoms with Gasteiger partial charge in [0.15, 0.2) is 0 Å². The van der Waals surface area contributed by atoms with Crippen molar-refractivity contribution in [2.75, 3.05) is 0 Å². The summed E-state index contributed by atoms with van der Waals surface area (Å²) in [7, 11) is 0.861. The molecule has 0 fully saturated rings. The Bertz CT molecular complexity index is 80.8. The summed E-state index contributed by atoms with van der Waals surface area (Å²) in [6.45, 7) is 0. The first-order valence-electron chi connectivity index (χ1n) is 1.02. The van der Waals surface area contributed by atoms with Crippen LogP contribution in [0.3, 0.4) is 0 Å². The fourth-order valence-electron chi connectivity index (χ4n) is 0.0289. The maximum atomic E-state index is 7.54. The summed E-state index contributed by atoms with van der Waals surface area (Å²) < 4.78 is 0. The zero-order chi connectivity index (χ0) is 4.12. The standard InChI is InChI=1S/C2BN2.Na.H/c4-1-3-2-5;;/q;+1;-1. The predicted molar refractivity (Wildman–Crippen MR) is 18.1 cm³/mol. The molecule has 0 N–H and O–H groups in total. The maximum absolute atomic E-state index is 7.54. The molecule has 0 rings (SSSR count). The third-order valence-corrected chi connectivity index (χ3v) is 0.129. The molecule has 0 atom stereocenters. The van der Waals surface area contributed by atoms with Gasteiger partial charge in [0.2, 0.25) is 0 Å². The van der Waals surface area contributed by atoms with E-state index in [0.717, 1.165) is 7.28 Å². The van der Waals surface area contributed by atoms with Gasteiger partial charge in [0, 0.05) is 11.9 Å². The molecular formula is C2HBN2Na. The van der Waals surface area contributed by atoms with Crippen molar-refractivity contribution in [1.29, 1.82) is 10.5 Å². The summed E-state index contributed by atoms with van der Waals surface area (Å²) in [5.74, 6) is 3.06. The summed E-state index contributed by atoms with van der Waals surface area (Å²) in [6, 6.07) is 0. The molecule has 0 unspecified atom stereocenters. The fraction of sp³-hybridized carbons (Fsp3) is 0. The Morgan fingerprint density at radius 2 is 1.67 bits per heavy atom. The first kappa shape index (κ1) is 9.40. The molecule has 0 aromatic carbocycles. The van der Waals surface area contributed by atoms with E-state index in [4.69, 9.17) is 10.5 Å². The summed E-state index contributed by atoms with van der Waals surface area (Å²) in [5, 5.41) is 15.1. The molecule has 0 spiro atoms. The molecule has 0 amide bonds. The molecule has 23 valence electrons. The summed E-state index contributed by atoms with van der Waals surface area (Å²) >= 11 is 0. The van der Waals surface area contributed by atoms with E-state index in [1.54, 1.807) is 0 Å². The SMILES string of the molecule is N#C[B]C#N.[H-].[Na+]. The zero-order valence-corrected chi connectivity index (χ0v) is 5.47. The van der Waals surface area contributed by atoms with E-state index in [2.05, 4.69) is 0 Å². The molecule has 0 aliphatic rings. The van der Waals surface area contributed by atoms with E-state index < -0.39 is 0 Å². The molecule has 0 saturated carbocycles. The minimum Gasteiger partial charge on any atom is -1.00 e. The van der Waals surface area contributed by atoms with Crippen molar-refractivity contribution in [2.45, 2.75) is 0 Å². The Balaban J connectivity index is -0.0000000800. The van der Waals surface area contributed by atoms with Crippen molar-refractivity contribution >= 4 is 7.28 Å². The molecule has 0 bridgehead atoms. The minimum atomic E-state index is 0. The van der Waals surface area contributed by atoms with Crippen molar-refractivity contribution in [2.24, 2.45) is 0 Å². The van der Waals surface area contributed by atoms with Crippen LogP contribution in [0, 0.1) is 22.5 Å². The molecule has 0 aliphatic carbocycles. The van der Waals surface area contributed by atoms with Gasteiger partial charge in [0.1, 0.15) is 0 Å². The second kappa shape index (κ2) is 8.90. The van der Waals surface area contributed by atoms with Gasteiger partial charge in [-0.1, -0.05) is 0 Å². The van der Waals surface area contributed by atoms with Crippen LogP contribution in [0.15, 0.2) is 0 Å². The van der Waals surface area contributed by atoms with Gasteiger partial charge in [-0.15, -0.1) is 0 Å². The van der Waals surface area contributed by atoms with Crippen molar-refractivity contribution in [1.82, 2.24) is 0 Å². The molecule has 0 aromatic rings. The minimum absolute atomic E-state index is 0. The van der Waals surface area contributed by atoms with Crippen LogP contribution in [0.4, 0.5) is 0 Å². The Morgan fingerprint density at radius 3 is 1.67 bits per heavy atom. The average Bonchev–Trinajstić information content (AvgIpc) is 1.41. The van der Waals surface area contributed by atoms with Gasteiger partial charge < -0.3 is 1.43 Å².